The fourth-order valence-electron chi connectivity index (χ4n) is 3.57. The maximum atomic E-state index is 13.3. The van der Waals surface area contributed by atoms with Gasteiger partial charge in [-0.05, 0) is 48.0 Å². The number of benzene rings is 3. The van der Waals surface area contributed by atoms with E-state index >= 15 is 0 Å². The number of ether oxygens (including phenoxy) is 4. The molecular weight excluding hydrogens is 469 g/mol. The third-order valence-electron chi connectivity index (χ3n) is 5.37. The lowest BCUT2D eigenvalue weighted by atomic mass is 9.97. The van der Waals surface area contributed by atoms with Gasteiger partial charge in [-0.2, -0.15) is 0 Å². The van der Waals surface area contributed by atoms with Crippen molar-refractivity contribution in [1.82, 2.24) is 4.90 Å². The molecule has 4 rings (SSSR count). The normalized spacial score (nSPS) is 12.6. The van der Waals surface area contributed by atoms with Crippen LogP contribution in [-0.4, -0.2) is 43.5 Å². The van der Waals surface area contributed by atoms with Gasteiger partial charge in [-0.15, -0.1) is 0 Å². The lowest BCUT2D eigenvalue weighted by Crippen LogP contribution is -2.46. The average Bonchev–Trinajstić information content (AvgIpc) is 2.91. The Morgan fingerprint density at radius 2 is 1.61 bits per heavy atom. The highest BCUT2D eigenvalue weighted by atomic mass is 19.1. The Morgan fingerprint density at radius 1 is 0.917 bits per heavy atom. The second-order valence-corrected chi connectivity index (χ2v) is 7.67. The molecule has 0 saturated heterocycles. The maximum Gasteiger partial charge on any atom is 0.338 e. The minimum absolute atomic E-state index is 0.0340. The zero-order valence-electron chi connectivity index (χ0n) is 19.5. The first kappa shape index (κ1) is 24.5. The molecule has 3 aromatic rings. The van der Waals surface area contributed by atoms with Crippen LogP contribution in [0.4, 0.5) is 4.39 Å². The Bertz CT molecular complexity index is 1320. The topological polar surface area (TPSA) is 91.4 Å². The summed E-state index contributed by atoms with van der Waals surface area (Å²) in [4.78, 5) is 39.3. The van der Waals surface area contributed by atoms with Crippen molar-refractivity contribution in [2.45, 2.75) is 6.61 Å². The summed E-state index contributed by atoms with van der Waals surface area (Å²) >= 11 is 0. The molecule has 0 unspecified atom stereocenters. The molecule has 3 aromatic carbocycles. The Balaban J connectivity index is 1.68. The maximum absolute atomic E-state index is 13.3. The Hall–Kier alpha value is -4.66. The summed E-state index contributed by atoms with van der Waals surface area (Å²) in [6, 6.07) is 18.8. The third kappa shape index (κ3) is 5.20. The lowest BCUT2D eigenvalue weighted by Gasteiger charge is -2.35. The fraction of sp³-hybridized carbons (Fsp3) is 0.148. The number of carbonyl (C=O) groups is 3. The number of nitrogens with zero attached hydrogens (tertiary/aromatic N) is 1. The fourth-order valence-corrected chi connectivity index (χ4v) is 3.57. The van der Waals surface area contributed by atoms with Crippen LogP contribution in [0.5, 0.6) is 11.5 Å². The molecule has 1 aliphatic rings. The van der Waals surface area contributed by atoms with Gasteiger partial charge >= 0.3 is 11.9 Å². The zero-order chi connectivity index (χ0) is 25.7. The minimum atomic E-state index is -0.660. The summed E-state index contributed by atoms with van der Waals surface area (Å²) in [6.45, 7) is -0.388. The van der Waals surface area contributed by atoms with E-state index in [1.54, 1.807) is 18.2 Å². The van der Waals surface area contributed by atoms with Gasteiger partial charge in [-0.1, -0.05) is 30.3 Å². The first-order chi connectivity index (χ1) is 17.4. The predicted molar refractivity (Wildman–Crippen MR) is 126 cm³/mol. The van der Waals surface area contributed by atoms with Gasteiger partial charge in [0.1, 0.15) is 36.2 Å². The number of methoxy groups -OCH3 is 2. The van der Waals surface area contributed by atoms with Crippen LogP contribution in [0.25, 0.3) is 5.70 Å². The average molecular weight is 491 g/mol. The summed E-state index contributed by atoms with van der Waals surface area (Å²) < 4.78 is 34.6. The van der Waals surface area contributed by atoms with Gasteiger partial charge in [-0.3, -0.25) is 14.5 Å². The number of rotatable bonds is 9. The molecule has 1 heterocycles. The molecule has 0 bridgehead atoms. The van der Waals surface area contributed by atoms with E-state index in [-0.39, 0.29) is 34.9 Å². The van der Waals surface area contributed by atoms with E-state index in [1.807, 2.05) is 18.2 Å². The number of amides is 1. The first-order valence-electron chi connectivity index (χ1n) is 10.9. The van der Waals surface area contributed by atoms with Crippen LogP contribution in [-0.2, 0) is 25.7 Å². The van der Waals surface area contributed by atoms with Gasteiger partial charge in [0.2, 0.25) is 5.76 Å². The predicted octanol–water partition coefficient (Wildman–Crippen LogP) is 3.95. The molecule has 1 amide bonds. The van der Waals surface area contributed by atoms with Gasteiger partial charge in [-0.25, -0.2) is 9.18 Å². The van der Waals surface area contributed by atoms with Gasteiger partial charge in [0, 0.05) is 5.56 Å². The van der Waals surface area contributed by atoms with Crippen molar-refractivity contribution in [3.8, 4) is 11.5 Å². The molecule has 9 heteroatoms. The summed E-state index contributed by atoms with van der Waals surface area (Å²) in [6.07, 6.45) is 0. The molecule has 0 spiro atoms. The van der Waals surface area contributed by atoms with E-state index in [9.17, 15) is 18.8 Å². The van der Waals surface area contributed by atoms with Crippen molar-refractivity contribution < 1.29 is 37.7 Å². The smallest absolute Gasteiger partial charge is 0.338 e. The van der Waals surface area contributed by atoms with Gasteiger partial charge in [0.15, 0.2) is 0 Å². The quantitative estimate of drug-likeness (QED) is 0.419. The second kappa shape index (κ2) is 10.7. The summed E-state index contributed by atoms with van der Waals surface area (Å²) in [5.41, 5.74) is 1.34. The molecule has 0 aliphatic carbocycles. The molecule has 0 atom stereocenters. The van der Waals surface area contributed by atoms with Crippen molar-refractivity contribution in [1.29, 1.82) is 0 Å². The van der Waals surface area contributed by atoms with Crippen molar-refractivity contribution in [2.24, 2.45) is 0 Å². The van der Waals surface area contributed by atoms with Crippen LogP contribution < -0.4 is 9.47 Å². The zero-order valence-corrected chi connectivity index (χ0v) is 19.5. The molecule has 0 radical (unpaired) electrons. The highest BCUT2D eigenvalue weighted by Gasteiger charge is 2.42. The number of esters is 2. The molecule has 36 heavy (non-hydrogen) atoms. The van der Waals surface area contributed by atoms with Crippen molar-refractivity contribution >= 4 is 23.5 Å². The van der Waals surface area contributed by atoms with Gasteiger partial charge in [0.25, 0.3) is 5.91 Å². The van der Waals surface area contributed by atoms with E-state index in [4.69, 9.17) is 18.9 Å². The van der Waals surface area contributed by atoms with Crippen LogP contribution in [0, 0.1) is 5.82 Å². The summed E-state index contributed by atoms with van der Waals surface area (Å²) in [5, 5.41) is 0. The van der Waals surface area contributed by atoms with Crippen LogP contribution in [0.15, 0.2) is 78.6 Å². The van der Waals surface area contributed by atoms with E-state index < -0.39 is 30.2 Å². The molecule has 0 fully saturated rings. The molecule has 1 aliphatic heterocycles. The molecule has 8 nitrogen and oxygen atoms in total. The van der Waals surface area contributed by atoms with E-state index in [0.29, 0.717) is 5.75 Å². The van der Waals surface area contributed by atoms with Crippen LogP contribution in [0.1, 0.15) is 21.5 Å². The lowest BCUT2D eigenvalue weighted by molar-refractivity contribution is -0.149. The standard InChI is InChI=1S/C27H22FNO7/c1-33-20-12-13-21(27(32)34-2)22(14-20)24-25(36-19-10-8-18(28)9-11-19)26(31)29(24)15-23(30)35-16-17-6-4-3-5-7-17/h3-14H,15-16H2,1-2H3. The van der Waals surface area contributed by atoms with Gasteiger partial charge in [0.05, 0.1) is 19.8 Å². The SMILES string of the molecule is COC(=O)c1ccc(OC)cc1C1=C(Oc2ccc(F)cc2)C(=O)N1CC(=O)OCc1ccccc1. The van der Waals surface area contributed by atoms with Crippen LogP contribution in [0.2, 0.25) is 0 Å². The second-order valence-electron chi connectivity index (χ2n) is 7.67. The van der Waals surface area contributed by atoms with Gasteiger partial charge < -0.3 is 18.9 Å². The minimum Gasteiger partial charge on any atom is -0.497 e. The third-order valence-corrected chi connectivity index (χ3v) is 5.37. The van der Waals surface area contributed by atoms with Crippen molar-refractivity contribution in [2.75, 3.05) is 20.8 Å². The van der Waals surface area contributed by atoms with Crippen LogP contribution >= 0.6 is 0 Å². The van der Waals surface area contributed by atoms with Crippen molar-refractivity contribution in [3.63, 3.8) is 0 Å². The van der Waals surface area contributed by atoms with E-state index in [0.717, 1.165) is 10.5 Å². The van der Waals surface area contributed by atoms with Crippen LogP contribution in [0.3, 0.4) is 0 Å². The number of carbonyl (C=O) groups excluding carboxylic acids is 3. The van der Waals surface area contributed by atoms with E-state index in [1.165, 1.54) is 50.6 Å². The number of hydrogen-bond acceptors (Lipinski definition) is 7. The Kier molecular flexibility index (Phi) is 7.29. The largest absolute Gasteiger partial charge is 0.497 e. The summed E-state index contributed by atoms with van der Waals surface area (Å²) in [7, 11) is 2.68. The molecule has 0 N–H and O–H groups in total. The molecule has 0 saturated carbocycles. The van der Waals surface area contributed by atoms with Crippen molar-refractivity contribution in [3.05, 3.63) is 101 Å². The molecule has 184 valence electrons. The highest BCUT2D eigenvalue weighted by Crippen LogP contribution is 2.38. The Morgan fingerprint density at radius 3 is 2.28 bits per heavy atom. The number of halogens is 1. The monoisotopic (exact) mass is 491 g/mol. The Labute approximate surface area is 206 Å². The highest BCUT2D eigenvalue weighted by molar-refractivity contribution is 6.15. The molecular formula is C27H22FNO7. The first-order valence-corrected chi connectivity index (χ1v) is 10.9. The summed E-state index contributed by atoms with van der Waals surface area (Å²) in [5.74, 6) is -1.93. The molecule has 0 aromatic heterocycles. The number of hydrogen-bond donors (Lipinski definition) is 0. The van der Waals surface area contributed by atoms with E-state index in [2.05, 4.69) is 0 Å².